The van der Waals surface area contributed by atoms with Gasteiger partial charge in [0.1, 0.15) is 12.7 Å². The summed E-state index contributed by atoms with van der Waals surface area (Å²) in [5, 5.41) is 27.6. The van der Waals surface area contributed by atoms with Crippen LogP contribution in [0.5, 0.6) is 0 Å². The van der Waals surface area contributed by atoms with Crippen LogP contribution in [0.2, 0.25) is 0 Å². The van der Waals surface area contributed by atoms with E-state index < -0.39 is 51.8 Å². The Morgan fingerprint density at radius 1 is 0.533 bits per heavy atom. The van der Waals surface area contributed by atoms with Gasteiger partial charge in [-0.3, -0.25) is 18.6 Å². The van der Waals surface area contributed by atoms with Crippen molar-refractivity contribution in [2.75, 3.05) is 26.4 Å². The fourth-order valence-electron chi connectivity index (χ4n) is 6.31. The van der Waals surface area contributed by atoms with Gasteiger partial charge in [-0.15, -0.1) is 0 Å². The quantitative estimate of drug-likeness (QED) is 0.0199. The second-order valence-electron chi connectivity index (χ2n) is 16.5. The Labute approximate surface area is 365 Å². The minimum Gasteiger partial charge on any atom is -0.462 e. The normalized spacial score (nSPS) is 14.8. The van der Waals surface area contributed by atoms with Gasteiger partial charge in [0.25, 0.3) is 0 Å². The van der Waals surface area contributed by atoms with Gasteiger partial charge in [0.05, 0.1) is 25.9 Å². The summed E-state index contributed by atoms with van der Waals surface area (Å²) in [6, 6.07) is 0. The van der Waals surface area contributed by atoms with Crippen LogP contribution in [0.1, 0.15) is 194 Å². The van der Waals surface area contributed by atoms with Crippen molar-refractivity contribution in [3.8, 4) is 0 Å². The molecule has 0 bridgehead atoms. The van der Waals surface area contributed by atoms with Gasteiger partial charge in [0, 0.05) is 12.8 Å². The Balaban J connectivity index is 4.31. The van der Waals surface area contributed by atoms with Crippen molar-refractivity contribution in [3.05, 3.63) is 48.6 Å². The highest BCUT2D eigenvalue weighted by atomic mass is 31.2. The number of carbonyl (C=O) groups excluding carboxylic acids is 2. The maximum absolute atomic E-state index is 12.6. The number of unbranched alkanes of at least 4 members (excludes halogenated alkanes) is 17. The zero-order chi connectivity index (χ0) is 44.4. The molecule has 4 atom stereocenters. The highest BCUT2D eigenvalue weighted by Gasteiger charge is 2.27. The van der Waals surface area contributed by atoms with Crippen LogP contribution in [0.3, 0.4) is 0 Å². The Bertz CT molecular complexity index is 1170. The zero-order valence-electron chi connectivity index (χ0n) is 37.9. The van der Waals surface area contributed by atoms with E-state index in [2.05, 4.69) is 54.8 Å². The largest absolute Gasteiger partial charge is 0.472 e. The number of allylic oxidation sites excluding steroid dienone is 8. The topological polar surface area (TPSA) is 169 Å². The maximum atomic E-state index is 12.6. The molecular formula is C48H87O11P. The van der Waals surface area contributed by atoms with Crippen molar-refractivity contribution in [2.24, 2.45) is 5.92 Å². The lowest BCUT2D eigenvalue weighted by Gasteiger charge is -2.20. The minimum absolute atomic E-state index is 0.154. The zero-order valence-corrected chi connectivity index (χ0v) is 38.8. The molecule has 0 spiro atoms. The van der Waals surface area contributed by atoms with Gasteiger partial charge in [0.2, 0.25) is 0 Å². The Hall–Kier alpha value is -2.11. The van der Waals surface area contributed by atoms with Crippen LogP contribution in [0.15, 0.2) is 48.6 Å². The van der Waals surface area contributed by atoms with E-state index in [1.807, 2.05) is 19.1 Å². The molecule has 0 amide bonds. The van der Waals surface area contributed by atoms with E-state index in [1.165, 1.54) is 83.5 Å². The predicted octanol–water partition coefficient (Wildman–Crippen LogP) is 11.7. The van der Waals surface area contributed by atoms with Crippen LogP contribution in [0.25, 0.3) is 0 Å². The molecule has 0 saturated heterocycles. The van der Waals surface area contributed by atoms with Crippen LogP contribution >= 0.6 is 7.82 Å². The van der Waals surface area contributed by atoms with E-state index in [-0.39, 0.29) is 25.6 Å². The molecule has 0 aliphatic rings. The summed E-state index contributed by atoms with van der Waals surface area (Å²) in [7, 11) is -4.64. The molecule has 350 valence electrons. The van der Waals surface area contributed by atoms with Gasteiger partial charge in [0.15, 0.2) is 6.10 Å². The summed E-state index contributed by atoms with van der Waals surface area (Å²) in [6.45, 7) is 4.22. The number of rotatable bonds is 43. The van der Waals surface area contributed by atoms with Crippen LogP contribution in [-0.4, -0.2) is 76.9 Å². The molecule has 60 heavy (non-hydrogen) atoms. The third-order valence-corrected chi connectivity index (χ3v) is 10.9. The number of ether oxygens (including phenoxy) is 2. The van der Waals surface area contributed by atoms with E-state index in [0.29, 0.717) is 19.3 Å². The number of hydrogen-bond donors (Lipinski definition) is 4. The number of esters is 2. The van der Waals surface area contributed by atoms with E-state index in [1.54, 1.807) is 0 Å². The van der Waals surface area contributed by atoms with Gasteiger partial charge in [-0.1, -0.05) is 165 Å². The molecule has 0 rings (SSSR count). The van der Waals surface area contributed by atoms with Crippen LogP contribution < -0.4 is 0 Å². The number of phosphoric acid groups is 1. The van der Waals surface area contributed by atoms with Gasteiger partial charge < -0.3 is 29.7 Å². The molecule has 0 aliphatic heterocycles. The molecule has 0 aromatic carbocycles. The third-order valence-electron chi connectivity index (χ3n) is 9.93. The molecular weight excluding hydrogens is 783 g/mol. The molecule has 12 heteroatoms. The number of aliphatic hydroxyl groups is 3. The lowest BCUT2D eigenvalue weighted by Crippen LogP contribution is -2.29. The van der Waals surface area contributed by atoms with Gasteiger partial charge in [-0.05, 0) is 70.6 Å². The number of carbonyl (C=O) groups is 2. The molecule has 4 N–H and O–H groups in total. The smallest absolute Gasteiger partial charge is 0.462 e. The number of hydrogen-bond acceptors (Lipinski definition) is 10. The van der Waals surface area contributed by atoms with Gasteiger partial charge >= 0.3 is 19.8 Å². The molecule has 0 aromatic heterocycles. The maximum Gasteiger partial charge on any atom is 0.472 e. The molecule has 0 heterocycles. The molecule has 0 aromatic rings. The first-order valence-electron chi connectivity index (χ1n) is 23.5. The van der Waals surface area contributed by atoms with E-state index in [9.17, 15) is 29.3 Å². The molecule has 0 fully saturated rings. The summed E-state index contributed by atoms with van der Waals surface area (Å²) >= 11 is 0. The van der Waals surface area contributed by atoms with E-state index in [0.717, 1.165) is 63.7 Å². The summed E-state index contributed by atoms with van der Waals surface area (Å²) in [6.07, 6.45) is 42.2. The molecule has 1 unspecified atom stereocenters. The van der Waals surface area contributed by atoms with Crippen molar-refractivity contribution in [3.63, 3.8) is 0 Å². The second-order valence-corrected chi connectivity index (χ2v) is 18.0. The molecule has 0 aliphatic carbocycles. The summed E-state index contributed by atoms with van der Waals surface area (Å²) < 4.78 is 32.7. The first-order chi connectivity index (χ1) is 28.9. The van der Waals surface area contributed by atoms with Crippen LogP contribution in [0.4, 0.5) is 0 Å². The second kappa shape index (κ2) is 42.2. The highest BCUT2D eigenvalue weighted by Crippen LogP contribution is 2.43. The average Bonchev–Trinajstić information content (AvgIpc) is 3.21. The average molecular weight is 871 g/mol. The van der Waals surface area contributed by atoms with Crippen molar-refractivity contribution < 1.29 is 52.9 Å². The Morgan fingerprint density at radius 2 is 0.967 bits per heavy atom. The first-order valence-corrected chi connectivity index (χ1v) is 25.0. The SMILES string of the molecule is CC(C)CCCCCCCCCCCCCCCCCCC(=O)O[C@H](COC(=O)CCC/C=C\C/C=C\C/C=C\C/C=C\CCC[C@@H](C)O)COP(=O)(O)OC[C@@H](O)CO. The summed E-state index contributed by atoms with van der Waals surface area (Å²) in [5.74, 6) is -0.175. The molecule has 0 saturated carbocycles. The van der Waals surface area contributed by atoms with Crippen molar-refractivity contribution >= 4 is 19.8 Å². The monoisotopic (exact) mass is 871 g/mol. The van der Waals surface area contributed by atoms with E-state index in [4.69, 9.17) is 19.1 Å². The van der Waals surface area contributed by atoms with Crippen molar-refractivity contribution in [2.45, 2.75) is 212 Å². The third kappa shape index (κ3) is 44.0. The number of aliphatic hydroxyl groups excluding tert-OH is 3. The van der Waals surface area contributed by atoms with Crippen molar-refractivity contribution in [1.82, 2.24) is 0 Å². The number of phosphoric ester groups is 1. The summed E-state index contributed by atoms with van der Waals surface area (Å²) in [4.78, 5) is 35.1. The fraction of sp³-hybridized carbons (Fsp3) is 0.792. The lowest BCUT2D eigenvalue weighted by molar-refractivity contribution is -0.161. The molecule has 0 radical (unpaired) electrons. The van der Waals surface area contributed by atoms with Gasteiger partial charge in [-0.2, -0.15) is 0 Å². The van der Waals surface area contributed by atoms with E-state index >= 15 is 0 Å². The first kappa shape index (κ1) is 57.9. The molecule has 11 nitrogen and oxygen atoms in total. The van der Waals surface area contributed by atoms with Crippen molar-refractivity contribution in [1.29, 1.82) is 0 Å². The Kier molecular flexibility index (Phi) is 40.7. The Morgan fingerprint density at radius 3 is 1.45 bits per heavy atom. The lowest BCUT2D eigenvalue weighted by atomic mass is 10.0. The van der Waals surface area contributed by atoms with Crippen LogP contribution in [0, 0.1) is 5.92 Å². The standard InChI is InChI=1S/C48H87O11P/c1-43(2)35-31-27-23-19-15-11-7-4-5-9-14-18-22-26-30-34-38-48(53)59-46(42-58-60(54,55)57-40-45(51)39-49)41-56-47(52)37-33-29-25-21-17-13-10-6-8-12-16-20-24-28-32-36-44(3)50/h8,10,12-13,20-21,24-25,43-46,49-51H,4-7,9,11,14-19,22-23,26-42H2,1-3H3,(H,54,55)/b12-8-,13-10-,24-20-,25-21-/t44-,45+,46-/m1/s1. The minimum atomic E-state index is -4.64. The predicted molar refractivity (Wildman–Crippen MR) is 243 cm³/mol. The summed E-state index contributed by atoms with van der Waals surface area (Å²) in [5.41, 5.74) is 0. The van der Waals surface area contributed by atoms with Crippen LogP contribution in [-0.2, 0) is 32.7 Å². The highest BCUT2D eigenvalue weighted by molar-refractivity contribution is 7.47. The van der Waals surface area contributed by atoms with Gasteiger partial charge in [-0.25, -0.2) is 4.57 Å². The fourth-order valence-corrected chi connectivity index (χ4v) is 7.10.